The van der Waals surface area contributed by atoms with E-state index in [-0.39, 0.29) is 5.69 Å². The van der Waals surface area contributed by atoms with Crippen LogP contribution in [0.3, 0.4) is 0 Å². The molecule has 2 rings (SSSR count). The Labute approximate surface area is 110 Å². The number of benzene rings is 1. The Bertz CT molecular complexity index is 466. The van der Waals surface area contributed by atoms with Gasteiger partial charge < -0.3 is 5.11 Å². The molecule has 19 heavy (non-hydrogen) atoms. The zero-order valence-corrected chi connectivity index (χ0v) is 10.5. The zero-order chi connectivity index (χ0) is 13.8. The van der Waals surface area contributed by atoms with Gasteiger partial charge in [-0.15, -0.1) is 0 Å². The summed E-state index contributed by atoms with van der Waals surface area (Å²) >= 11 is 0. The fraction of sp³-hybridized carbons (Fsp3) is 0.462. The van der Waals surface area contributed by atoms with Gasteiger partial charge in [0.2, 0.25) is 0 Å². The maximum Gasteiger partial charge on any atom is 0.321 e. The van der Waals surface area contributed by atoms with Gasteiger partial charge in [-0.1, -0.05) is 12.1 Å². The number of carbonyl (C=O) groups is 1. The van der Waals surface area contributed by atoms with Gasteiger partial charge in [0.25, 0.3) is 5.69 Å². The number of nitro benzene ring substituents is 1. The summed E-state index contributed by atoms with van der Waals surface area (Å²) in [5.74, 6) is -0.833. The van der Waals surface area contributed by atoms with Crippen LogP contribution in [0.15, 0.2) is 24.3 Å². The summed E-state index contributed by atoms with van der Waals surface area (Å²) in [6.07, 6.45) is 2.45. The van der Waals surface area contributed by atoms with Crippen LogP contribution in [0.25, 0.3) is 0 Å². The number of nitro groups is 1. The monoisotopic (exact) mass is 264 g/mol. The molecule has 1 heterocycles. The molecular weight excluding hydrogens is 248 g/mol. The Morgan fingerprint density at radius 3 is 2.37 bits per heavy atom. The number of non-ortho nitro benzene ring substituents is 1. The van der Waals surface area contributed by atoms with Gasteiger partial charge >= 0.3 is 5.97 Å². The topological polar surface area (TPSA) is 83.7 Å². The highest BCUT2D eigenvalue weighted by Gasteiger charge is 2.27. The Morgan fingerprint density at radius 1 is 1.32 bits per heavy atom. The van der Waals surface area contributed by atoms with Crippen molar-refractivity contribution in [3.63, 3.8) is 0 Å². The Kier molecular flexibility index (Phi) is 4.11. The number of nitrogens with zero attached hydrogens (tertiary/aromatic N) is 2. The molecule has 1 aromatic carbocycles. The third-order valence-corrected chi connectivity index (χ3v) is 3.44. The normalized spacial score (nSPS) is 17.3. The number of rotatable bonds is 5. The molecule has 1 fully saturated rings. The summed E-state index contributed by atoms with van der Waals surface area (Å²) in [6, 6.07) is 5.55. The molecule has 0 aromatic heterocycles. The van der Waals surface area contributed by atoms with Crippen LogP contribution in [0.5, 0.6) is 0 Å². The molecule has 1 unspecified atom stereocenters. The van der Waals surface area contributed by atoms with E-state index in [1.54, 1.807) is 12.1 Å². The number of carboxylic acids is 1. The minimum Gasteiger partial charge on any atom is -0.480 e. The summed E-state index contributed by atoms with van der Waals surface area (Å²) in [5.41, 5.74) is 0.835. The molecule has 102 valence electrons. The maximum absolute atomic E-state index is 11.3. The molecule has 1 N–H and O–H groups in total. The summed E-state index contributed by atoms with van der Waals surface area (Å²) < 4.78 is 0. The van der Waals surface area contributed by atoms with Crippen LogP contribution in [0.2, 0.25) is 0 Å². The lowest BCUT2D eigenvalue weighted by Crippen LogP contribution is -2.40. The maximum atomic E-state index is 11.3. The highest BCUT2D eigenvalue weighted by molar-refractivity contribution is 5.74. The smallest absolute Gasteiger partial charge is 0.321 e. The lowest BCUT2D eigenvalue weighted by atomic mass is 10.0. The van der Waals surface area contributed by atoms with E-state index in [0.717, 1.165) is 31.5 Å². The van der Waals surface area contributed by atoms with Crippen LogP contribution in [-0.2, 0) is 11.2 Å². The lowest BCUT2D eigenvalue weighted by molar-refractivity contribution is -0.384. The molecule has 1 aromatic rings. The van der Waals surface area contributed by atoms with Crippen molar-refractivity contribution in [1.82, 2.24) is 4.90 Å². The van der Waals surface area contributed by atoms with E-state index in [0.29, 0.717) is 6.42 Å². The molecule has 1 aliphatic heterocycles. The standard InChI is InChI=1S/C13H16N2O4/c16-13(17)12(14-7-1-2-8-14)9-10-3-5-11(6-4-10)15(18)19/h3-6,12H,1-2,7-9H2,(H,16,17). The van der Waals surface area contributed by atoms with Gasteiger partial charge in [0.05, 0.1) is 4.92 Å². The van der Waals surface area contributed by atoms with Crippen molar-refractivity contribution >= 4 is 11.7 Å². The van der Waals surface area contributed by atoms with E-state index in [1.807, 2.05) is 4.90 Å². The minimum atomic E-state index is -0.833. The van der Waals surface area contributed by atoms with Crippen molar-refractivity contribution in [3.8, 4) is 0 Å². The van der Waals surface area contributed by atoms with Gasteiger partial charge in [-0.3, -0.25) is 19.8 Å². The molecule has 0 radical (unpaired) electrons. The fourth-order valence-corrected chi connectivity index (χ4v) is 2.40. The van der Waals surface area contributed by atoms with Crippen molar-refractivity contribution in [2.24, 2.45) is 0 Å². The van der Waals surface area contributed by atoms with Gasteiger partial charge in [-0.25, -0.2) is 0 Å². The summed E-state index contributed by atoms with van der Waals surface area (Å²) in [5, 5.41) is 19.8. The second kappa shape index (κ2) is 5.79. The van der Waals surface area contributed by atoms with Crippen LogP contribution < -0.4 is 0 Å². The average molecular weight is 264 g/mol. The van der Waals surface area contributed by atoms with E-state index in [2.05, 4.69) is 0 Å². The van der Waals surface area contributed by atoms with E-state index in [9.17, 15) is 20.0 Å². The first-order valence-corrected chi connectivity index (χ1v) is 6.28. The number of aliphatic carboxylic acids is 1. The van der Waals surface area contributed by atoms with Gasteiger partial charge in [0, 0.05) is 12.1 Å². The Balaban J connectivity index is 2.08. The van der Waals surface area contributed by atoms with Gasteiger partial charge in [-0.2, -0.15) is 0 Å². The molecule has 0 amide bonds. The predicted molar refractivity (Wildman–Crippen MR) is 69.0 cm³/mol. The van der Waals surface area contributed by atoms with Crippen molar-refractivity contribution < 1.29 is 14.8 Å². The van der Waals surface area contributed by atoms with Crippen molar-refractivity contribution in [2.75, 3.05) is 13.1 Å². The number of hydrogen-bond donors (Lipinski definition) is 1. The molecular formula is C13H16N2O4. The fourth-order valence-electron chi connectivity index (χ4n) is 2.40. The van der Waals surface area contributed by atoms with Crippen LogP contribution >= 0.6 is 0 Å². The van der Waals surface area contributed by atoms with Crippen molar-refractivity contribution in [1.29, 1.82) is 0 Å². The summed E-state index contributed by atoms with van der Waals surface area (Å²) in [7, 11) is 0. The third kappa shape index (κ3) is 3.29. The summed E-state index contributed by atoms with van der Waals surface area (Å²) in [4.78, 5) is 23.4. The minimum absolute atomic E-state index is 0.0248. The van der Waals surface area contributed by atoms with Gasteiger partial charge in [-0.05, 0) is 37.9 Å². The predicted octanol–water partition coefficient (Wildman–Crippen LogP) is 1.69. The lowest BCUT2D eigenvalue weighted by Gasteiger charge is -2.23. The molecule has 1 atom stereocenters. The number of likely N-dealkylation sites (tertiary alicyclic amines) is 1. The first kappa shape index (κ1) is 13.5. The molecule has 6 heteroatoms. The van der Waals surface area contributed by atoms with Gasteiger partial charge in [0.15, 0.2) is 0 Å². The first-order chi connectivity index (χ1) is 9.08. The largest absolute Gasteiger partial charge is 0.480 e. The molecule has 1 aliphatic rings. The molecule has 0 saturated carbocycles. The second-order valence-corrected chi connectivity index (χ2v) is 4.72. The Morgan fingerprint density at radius 2 is 1.89 bits per heavy atom. The van der Waals surface area contributed by atoms with E-state index >= 15 is 0 Å². The SMILES string of the molecule is O=C(O)C(Cc1ccc([N+](=O)[O-])cc1)N1CCCC1. The van der Waals surface area contributed by atoms with Crippen LogP contribution in [0.4, 0.5) is 5.69 Å². The van der Waals surface area contributed by atoms with Crippen LogP contribution in [-0.4, -0.2) is 40.0 Å². The molecule has 0 spiro atoms. The molecule has 0 aliphatic carbocycles. The van der Waals surface area contributed by atoms with E-state index < -0.39 is 16.9 Å². The highest BCUT2D eigenvalue weighted by Crippen LogP contribution is 2.18. The second-order valence-electron chi connectivity index (χ2n) is 4.72. The van der Waals surface area contributed by atoms with Gasteiger partial charge in [0.1, 0.15) is 6.04 Å². The Hall–Kier alpha value is -1.95. The first-order valence-electron chi connectivity index (χ1n) is 6.28. The van der Waals surface area contributed by atoms with Crippen LogP contribution in [0.1, 0.15) is 18.4 Å². The van der Waals surface area contributed by atoms with E-state index in [1.165, 1.54) is 12.1 Å². The van der Waals surface area contributed by atoms with Crippen LogP contribution in [0, 0.1) is 10.1 Å². The zero-order valence-electron chi connectivity index (χ0n) is 10.5. The quantitative estimate of drug-likeness (QED) is 0.646. The molecule has 0 bridgehead atoms. The van der Waals surface area contributed by atoms with Crippen molar-refractivity contribution in [3.05, 3.63) is 39.9 Å². The third-order valence-electron chi connectivity index (χ3n) is 3.44. The number of hydrogen-bond acceptors (Lipinski definition) is 4. The molecule has 6 nitrogen and oxygen atoms in total. The molecule has 1 saturated heterocycles. The van der Waals surface area contributed by atoms with Crippen molar-refractivity contribution in [2.45, 2.75) is 25.3 Å². The average Bonchev–Trinajstić information content (AvgIpc) is 2.89. The highest BCUT2D eigenvalue weighted by atomic mass is 16.6. The number of carboxylic acid groups (broad SMARTS) is 1. The van der Waals surface area contributed by atoms with E-state index in [4.69, 9.17) is 0 Å². The summed E-state index contributed by atoms with van der Waals surface area (Å²) in [6.45, 7) is 1.62.